The smallest absolute Gasteiger partial charge is 0.414 e. The molecule has 1 saturated heterocycles. The number of ether oxygens (including phenoxy) is 3. The van der Waals surface area contributed by atoms with Crippen molar-refractivity contribution in [3.8, 4) is 11.5 Å². The molecule has 0 bridgehead atoms. The molecule has 1 aromatic rings. The van der Waals surface area contributed by atoms with Crippen LogP contribution in [0.15, 0.2) is 18.2 Å². The fraction of sp³-hybridized carbons (Fsp3) is 0.417. The summed E-state index contributed by atoms with van der Waals surface area (Å²) in [6, 6.07) is 5.07. The molecule has 2 N–H and O–H groups in total. The minimum absolute atomic E-state index is 0.167. The molecule has 1 atom stereocenters. The molecular formula is C12H16N2O4. The lowest BCUT2D eigenvalue weighted by Gasteiger charge is -2.22. The molecule has 1 amide bonds. The summed E-state index contributed by atoms with van der Waals surface area (Å²) < 4.78 is 15.4. The van der Waals surface area contributed by atoms with Crippen molar-refractivity contribution >= 4 is 11.8 Å². The maximum Gasteiger partial charge on any atom is 0.414 e. The number of methoxy groups -OCH3 is 2. The second kappa shape index (κ2) is 5.14. The highest BCUT2D eigenvalue weighted by atomic mass is 16.6. The zero-order chi connectivity index (χ0) is 13.1. The van der Waals surface area contributed by atoms with Gasteiger partial charge in [-0.05, 0) is 12.1 Å². The minimum atomic E-state index is -0.408. The molecule has 0 radical (unpaired) electrons. The summed E-state index contributed by atoms with van der Waals surface area (Å²) in [6.45, 7) is 0.630. The second-order valence-electron chi connectivity index (χ2n) is 3.87. The van der Waals surface area contributed by atoms with Crippen molar-refractivity contribution in [3.63, 3.8) is 0 Å². The lowest BCUT2D eigenvalue weighted by molar-refractivity contribution is 0.179. The van der Waals surface area contributed by atoms with Gasteiger partial charge in [0.25, 0.3) is 0 Å². The van der Waals surface area contributed by atoms with Crippen molar-refractivity contribution in [2.45, 2.75) is 6.04 Å². The van der Waals surface area contributed by atoms with E-state index in [0.717, 1.165) is 0 Å². The molecule has 0 aromatic heterocycles. The summed E-state index contributed by atoms with van der Waals surface area (Å²) in [4.78, 5) is 13.2. The van der Waals surface area contributed by atoms with E-state index in [4.69, 9.17) is 19.9 Å². The number of amides is 1. The third-order valence-corrected chi connectivity index (χ3v) is 2.88. The van der Waals surface area contributed by atoms with Crippen LogP contribution in [-0.2, 0) is 4.74 Å². The van der Waals surface area contributed by atoms with Gasteiger partial charge in [-0.1, -0.05) is 0 Å². The Morgan fingerprint density at radius 1 is 1.44 bits per heavy atom. The van der Waals surface area contributed by atoms with Crippen LogP contribution < -0.4 is 20.1 Å². The predicted molar refractivity (Wildman–Crippen MR) is 66.2 cm³/mol. The zero-order valence-electron chi connectivity index (χ0n) is 10.4. The molecule has 1 aromatic carbocycles. The summed E-state index contributed by atoms with van der Waals surface area (Å²) >= 11 is 0. The largest absolute Gasteiger partial charge is 0.497 e. The van der Waals surface area contributed by atoms with E-state index in [9.17, 15) is 4.79 Å². The van der Waals surface area contributed by atoms with Crippen molar-refractivity contribution in [1.82, 2.24) is 0 Å². The fourth-order valence-corrected chi connectivity index (χ4v) is 1.91. The number of benzene rings is 1. The number of rotatable bonds is 4. The van der Waals surface area contributed by atoms with E-state index in [-0.39, 0.29) is 6.04 Å². The highest BCUT2D eigenvalue weighted by molar-refractivity contribution is 5.92. The minimum Gasteiger partial charge on any atom is -0.497 e. The van der Waals surface area contributed by atoms with E-state index in [1.165, 1.54) is 12.0 Å². The zero-order valence-corrected chi connectivity index (χ0v) is 10.4. The third kappa shape index (κ3) is 2.06. The fourth-order valence-electron chi connectivity index (χ4n) is 1.91. The van der Waals surface area contributed by atoms with Crippen LogP contribution in [0.3, 0.4) is 0 Å². The Kier molecular flexibility index (Phi) is 3.57. The standard InChI is InChI=1S/C12H16N2O4/c1-16-9-3-4-10(11(5-9)17-2)14-8(6-13)7-18-12(14)15/h3-5,8H,6-7,13H2,1-2H3. The molecule has 1 fully saturated rings. The van der Waals surface area contributed by atoms with E-state index >= 15 is 0 Å². The lowest BCUT2D eigenvalue weighted by atomic mass is 10.2. The van der Waals surface area contributed by atoms with Gasteiger partial charge in [-0.2, -0.15) is 0 Å². The quantitative estimate of drug-likeness (QED) is 0.865. The molecule has 1 unspecified atom stereocenters. The number of hydrogen-bond donors (Lipinski definition) is 1. The maximum absolute atomic E-state index is 11.7. The van der Waals surface area contributed by atoms with E-state index in [0.29, 0.717) is 30.3 Å². The molecule has 18 heavy (non-hydrogen) atoms. The Balaban J connectivity index is 2.40. The van der Waals surface area contributed by atoms with Gasteiger partial charge in [-0.3, -0.25) is 4.90 Å². The van der Waals surface area contributed by atoms with Crippen molar-refractivity contribution in [1.29, 1.82) is 0 Å². The monoisotopic (exact) mass is 252 g/mol. The molecule has 0 saturated carbocycles. The number of hydrogen-bond acceptors (Lipinski definition) is 5. The van der Waals surface area contributed by atoms with Crippen molar-refractivity contribution < 1.29 is 19.0 Å². The lowest BCUT2D eigenvalue weighted by Crippen LogP contribution is -2.39. The van der Waals surface area contributed by atoms with Gasteiger partial charge in [-0.15, -0.1) is 0 Å². The Morgan fingerprint density at radius 3 is 2.83 bits per heavy atom. The van der Waals surface area contributed by atoms with Crippen LogP contribution in [0.25, 0.3) is 0 Å². The van der Waals surface area contributed by atoms with E-state index in [1.807, 2.05) is 0 Å². The van der Waals surface area contributed by atoms with Gasteiger partial charge in [0.15, 0.2) is 0 Å². The van der Waals surface area contributed by atoms with Crippen LogP contribution in [0, 0.1) is 0 Å². The van der Waals surface area contributed by atoms with Gasteiger partial charge in [0.1, 0.15) is 18.1 Å². The molecule has 6 heteroatoms. The summed E-state index contributed by atoms with van der Waals surface area (Å²) in [7, 11) is 3.11. The molecule has 0 spiro atoms. The first-order valence-corrected chi connectivity index (χ1v) is 5.59. The Morgan fingerprint density at radius 2 is 2.22 bits per heavy atom. The topological polar surface area (TPSA) is 74.0 Å². The molecule has 1 aliphatic rings. The van der Waals surface area contributed by atoms with Crippen molar-refractivity contribution in [2.75, 3.05) is 32.3 Å². The molecule has 98 valence electrons. The predicted octanol–water partition coefficient (Wildman–Crippen LogP) is 0.988. The van der Waals surface area contributed by atoms with Crippen LogP contribution in [0.4, 0.5) is 10.5 Å². The number of anilines is 1. The average molecular weight is 252 g/mol. The molecule has 2 rings (SSSR count). The second-order valence-corrected chi connectivity index (χ2v) is 3.87. The number of cyclic esters (lactones) is 1. The van der Waals surface area contributed by atoms with Crippen LogP contribution in [0.5, 0.6) is 11.5 Å². The van der Waals surface area contributed by atoms with Crippen LogP contribution in [0.2, 0.25) is 0 Å². The summed E-state index contributed by atoms with van der Waals surface area (Å²) in [5.74, 6) is 1.21. The van der Waals surface area contributed by atoms with Crippen LogP contribution >= 0.6 is 0 Å². The molecule has 0 aliphatic carbocycles. The van der Waals surface area contributed by atoms with E-state index in [1.54, 1.807) is 25.3 Å². The first-order chi connectivity index (χ1) is 8.71. The first-order valence-electron chi connectivity index (χ1n) is 5.59. The number of carbonyl (C=O) groups is 1. The van der Waals surface area contributed by atoms with Crippen LogP contribution in [0.1, 0.15) is 0 Å². The highest BCUT2D eigenvalue weighted by Gasteiger charge is 2.35. The van der Waals surface area contributed by atoms with E-state index in [2.05, 4.69) is 0 Å². The van der Waals surface area contributed by atoms with Crippen molar-refractivity contribution in [3.05, 3.63) is 18.2 Å². The van der Waals surface area contributed by atoms with Gasteiger partial charge >= 0.3 is 6.09 Å². The molecular weight excluding hydrogens is 236 g/mol. The van der Waals surface area contributed by atoms with Gasteiger partial charge in [-0.25, -0.2) is 4.79 Å². The summed E-state index contributed by atoms with van der Waals surface area (Å²) in [6.07, 6.45) is -0.408. The number of nitrogens with two attached hydrogens (primary N) is 1. The summed E-state index contributed by atoms with van der Waals surface area (Å²) in [5.41, 5.74) is 6.27. The Hall–Kier alpha value is -1.95. The third-order valence-electron chi connectivity index (χ3n) is 2.88. The number of carbonyl (C=O) groups excluding carboxylic acids is 1. The first kappa shape index (κ1) is 12.5. The normalized spacial score (nSPS) is 18.7. The summed E-state index contributed by atoms with van der Waals surface area (Å²) in [5, 5.41) is 0. The van der Waals surface area contributed by atoms with Gasteiger partial charge in [0.05, 0.1) is 25.9 Å². The van der Waals surface area contributed by atoms with Gasteiger partial charge in [0.2, 0.25) is 0 Å². The van der Waals surface area contributed by atoms with Gasteiger partial charge < -0.3 is 19.9 Å². The SMILES string of the molecule is COc1ccc(N2C(=O)OCC2CN)c(OC)c1. The molecule has 1 heterocycles. The Labute approximate surface area is 105 Å². The maximum atomic E-state index is 11.7. The van der Waals surface area contributed by atoms with E-state index < -0.39 is 6.09 Å². The average Bonchev–Trinajstić information content (AvgIpc) is 2.78. The van der Waals surface area contributed by atoms with Crippen LogP contribution in [-0.4, -0.2) is 39.5 Å². The Bertz CT molecular complexity index is 450. The van der Waals surface area contributed by atoms with Crippen molar-refractivity contribution in [2.24, 2.45) is 5.73 Å². The molecule has 1 aliphatic heterocycles. The highest BCUT2D eigenvalue weighted by Crippen LogP contribution is 2.35. The molecule has 6 nitrogen and oxygen atoms in total. The number of nitrogens with zero attached hydrogens (tertiary/aromatic N) is 1. The van der Waals surface area contributed by atoms with Gasteiger partial charge in [0, 0.05) is 12.6 Å².